The molecule has 0 heterocycles. The van der Waals surface area contributed by atoms with Crippen LogP contribution in [-0.2, 0) is 25.5 Å². The highest BCUT2D eigenvalue weighted by atomic mass is 16.5. The van der Waals surface area contributed by atoms with Crippen LogP contribution in [0.3, 0.4) is 0 Å². The third-order valence-electron chi connectivity index (χ3n) is 3.75. The topological polar surface area (TPSA) is 136 Å². The molecule has 0 aliphatic rings. The smallest absolute Gasteiger partial charge is 0.328 e. The van der Waals surface area contributed by atoms with E-state index >= 15 is 0 Å². The fourth-order valence-electron chi connectivity index (χ4n) is 2.28. The Kier molecular flexibility index (Phi) is 10.4. The summed E-state index contributed by atoms with van der Waals surface area (Å²) in [5.41, 5.74) is 7.02. The van der Waals surface area contributed by atoms with Crippen LogP contribution in [0.1, 0.15) is 22.3 Å². The van der Waals surface area contributed by atoms with Crippen molar-refractivity contribution in [1.82, 2.24) is 5.32 Å². The lowest BCUT2D eigenvalue weighted by Crippen LogP contribution is -2.50. The summed E-state index contributed by atoms with van der Waals surface area (Å²) >= 11 is 0. The molecule has 0 spiro atoms. The Hall–Kier alpha value is -3.52. The Labute approximate surface area is 168 Å². The van der Waals surface area contributed by atoms with Gasteiger partial charge in [-0.1, -0.05) is 60.7 Å². The van der Waals surface area contributed by atoms with Crippen LogP contribution < -0.4 is 11.1 Å². The number of carboxylic acids is 1. The minimum atomic E-state index is -1.22. The second-order valence-corrected chi connectivity index (χ2v) is 6.01. The minimum Gasteiger partial charge on any atom is -0.481 e. The molecule has 0 aliphatic heterocycles. The number of carbonyl (C=O) groups excluding carboxylic acids is 3. The number of methoxy groups -OCH3 is 1. The number of rotatable bonds is 8. The molecule has 4 N–H and O–H groups in total. The molecule has 8 nitrogen and oxygen atoms in total. The summed E-state index contributed by atoms with van der Waals surface area (Å²) in [7, 11) is 1.21. The van der Waals surface area contributed by atoms with Crippen molar-refractivity contribution in [2.24, 2.45) is 5.73 Å². The third kappa shape index (κ3) is 9.30. The molecule has 0 bridgehead atoms. The highest BCUT2D eigenvalue weighted by Crippen LogP contribution is 2.05. The van der Waals surface area contributed by atoms with Crippen molar-refractivity contribution >= 4 is 24.1 Å². The summed E-state index contributed by atoms with van der Waals surface area (Å²) in [6.45, 7) is 0. The maximum absolute atomic E-state index is 11.8. The molecule has 29 heavy (non-hydrogen) atoms. The Morgan fingerprint density at radius 2 is 1.62 bits per heavy atom. The van der Waals surface area contributed by atoms with Crippen LogP contribution in [0.2, 0.25) is 0 Å². The quantitative estimate of drug-likeness (QED) is 0.447. The molecular weight excluding hydrogens is 376 g/mol. The molecule has 2 aromatic rings. The van der Waals surface area contributed by atoms with E-state index in [0.717, 1.165) is 17.4 Å². The van der Waals surface area contributed by atoms with Gasteiger partial charge in [0.2, 0.25) is 5.91 Å². The van der Waals surface area contributed by atoms with Gasteiger partial charge >= 0.3 is 11.9 Å². The number of hydrogen-bond donors (Lipinski definition) is 3. The lowest BCUT2D eigenvalue weighted by atomic mass is 10.1. The first-order valence-corrected chi connectivity index (χ1v) is 8.77. The Bertz CT molecular complexity index is 795. The molecule has 0 saturated heterocycles. The standard InChI is InChI=1S/C14H18N2O5.C7H6O/c1-21-14(20)11(7-9-5-3-2-4-6-9)16-13(19)10(15)8-12(17)18;8-6-7-4-2-1-3-5-7/h2-6,10-11H,7-8,15H2,1H3,(H,16,19)(H,17,18);1-6H/t10-,11-;/m0./s1. The monoisotopic (exact) mass is 400 g/mol. The number of esters is 1. The Morgan fingerprint density at radius 3 is 2.07 bits per heavy atom. The number of benzene rings is 2. The van der Waals surface area contributed by atoms with Gasteiger partial charge in [0.05, 0.1) is 19.6 Å². The molecule has 0 unspecified atom stereocenters. The van der Waals surface area contributed by atoms with Crippen LogP contribution >= 0.6 is 0 Å². The van der Waals surface area contributed by atoms with Crippen LogP contribution in [0.15, 0.2) is 60.7 Å². The van der Waals surface area contributed by atoms with Crippen LogP contribution in [0.4, 0.5) is 0 Å². The number of carbonyl (C=O) groups is 4. The van der Waals surface area contributed by atoms with Gasteiger partial charge in [-0.3, -0.25) is 14.4 Å². The number of carboxylic acid groups (broad SMARTS) is 1. The highest BCUT2D eigenvalue weighted by molar-refractivity contribution is 5.89. The molecule has 1 amide bonds. The lowest BCUT2D eigenvalue weighted by Gasteiger charge is -2.18. The van der Waals surface area contributed by atoms with Gasteiger partial charge in [-0.05, 0) is 5.56 Å². The lowest BCUT2D eigenvalue weighted by molar-refractivity contribution is -0.145. The average Bonchev–Trinajstić information content (AvgIpc) is 2.74. The van der Waals surface area contributed by atoms with E-state index in [0.29, 0.717) is 0 Å². The van der Waals surface area contributed by atoms with E-state index in [4.69, 9.17) is 10.8 Å². The van der Waals surface area contributed by atoms with E-state index in [1.54, 1.807) is 24.3 Å². The molecule has 2 atom stereocenters. The van der Waals surface area contributed by atoms with Crippen LogP contribution in [0.5, 0.6) is 0 Å². The maximum Gasteiger partial charge on any atom is 0.328 e. The second kappa shape index (κ2) is 12.8. The van der Waals surface area contributed by atoms with E-state index in [1.807, 2.05) is 36.4 Å². The van der Waals surface area contributed by atoms with Crippen molar-refractivity contribution in [2.45, 2.75) is 24.9 Å². The van der Waals surface area contributed by atoms with Crippen molar-refractivity contribution in [3.8, 4) is 0 Å². The molecule has 0 saturated carbocycles. The van der Waals surface area contributed by atoms with Crippen LogP contribution in [0.25, 0.3) is 0 Å². The third-order valence-corrected chi connectivity index (χ3v) is 3.75. The first-order chi connectivity index (χ1) is 13.9. The first-order valence-electron chi connectivity index (χ1n) is 8.77. The molecule has 0 fully saturated rings. The number of ether oxygens (including phenoxy) is 1. The number of aliphatic carboxylic acids is 1. The molecule has 8 heteroatoms. The van der Waals surface area contributed by atoms with Gasteiger partial charge in [-0.2, -0.15) is 0 Å². The van der Waals surface area contributed by atoms with Crippen molar-refractivity contribution in [3.63, 3.8) is 0 Å². The molecule has 2 rings (SSSR count). The number of amides is 1. The van der Waals surface area contributed by atoms with Gasteiger partial charge in [-0.25, -0.2) is 4.79 Å². The van der Waals surface area contributed by atoms with Gasteiger partial charge in [0.1, 0.15) is 12.3 Å². The number of aldehydes is 1. The number of nitrogens with two attached hydrogens (primary N) is 1. The first kappa shape index (κ1) is 23.5. The summed E-state index contributed by atoms with van der Waals surface area (Å²) in [6.07, 6.45) is 0.560. The molecular formula is C21H24N2O6. The zero-order chi connectivity index (χ0) is 21.6. The highest BCUT2D eigenvalue weighted by Gasteiger charge is 2.25. The SMILES string of the molecule is COC(=O)[C@H](Cc1ccccc1)NC(=O)[C@@H](N)CC(=O)O.O=Cc1ccccc1. The van der Waals surface area contributed by atoms with Gasteiger partial charge in [-0.15, -0.1) is 0 Å². The Balaban J connectivity index is 0.000000436. The average molecular weight is 400 g/mol. The summed E-state index contributed by atoms with van der Waals surface area (Å²) in [5, 5.41) is 11.0. The van der Waals surface area contributed by atoms with Gasteiger partial charge in [0, 0.05) is 12.0 Å². The van der Waals surface area contributed by atoms with Crippen molar-refractivity contribution < 1.29 is 29.0 Å². The minimum absolute atomic E-state index is 0.235. The fraction of sp³-hybridized carbons (Fsp3) is 0.238. The predicted octanol–water partition coefficient (Wildman–Crippen LogP) is 1.19. The number of nitrogens with one attached hydrogen (secondary N) is 1. The van der Waals surface area contributed by atoms with Crippen LogP contribution in [0, 0.1) is 0 Å². The van der Waals surface area contributed by atoms with E-state index in [2.05, 4.69) is 10.1 Å². The van der Waals surface area contributed by atoms with Gasteiger partial charge < -0.3 is 20.9 Å². The zero-order valence-corrected chi connectivity index (χ0v) is 16.0. The molecule has 0 aromatic heterocycles. The summed E-state index contributed by atoms with van der Waals surface area (Å²) < 4.78 is 4.64. The largest absolute Gasteiger partial charge is 0.481 e. The van der Waals surface area contributed by atoms with Gasteiger partial charge in [0.15, 0.2) is 0 Å². The normalized spacial score (nSPS) is 11.8. The summed E-state index contributed by atoms with van der Waals surface area (Å²) in [4.78, 5) is 44.0. The number of hydrogen-bond acceptors (Lipinski definition) is 6. The maximum atomic E-state index is 11.8. The van der Waals surface area contributed by atoms with Crippen molar-refractivity contribution in [1.29, 1.82) is 0 Å². The Morgan fingerprint density at radius 1 is 1.07 bits per heavy atom. The molecule has 0 radical (unpaired) electrons. The predicted molar refractivity (Wildman–Crippen MR) is 106 cm³/mol. The van der Waals surface area contributed by atoms with Crippen molar-refractivity contribution in [3.05, 3.63) is 71.8 Å². The van der Waals surface area contributed by atoms with E-state index in [1.165, 1.54) is 7.11 Å². The fourth-order valence-corrected chi connectivity index (χ4v) is 2.28. The van der Waals surface area contributed by atoms with E-state index < -0.39 is 36.4 Å². The van der Waals surface area contributed by atoms with Crippen LogP contribution in [-0.4, -0.2) is 48.4 Å². The summed E-state index contributed by atoms with van der Waals surface area (Å²) in [6, 6.07) is 16.0. The zero-order valence-electron chi connectivity index (χ0n) is 16.0. The molecule has 2 aromatic carbocycles. The molecule has 154 valence electrons. The van der Waals surface area contributed by atoms with E-state index in [9.17, 15) is 19.2 Å². The van der Waals surface area contributed by atoms with Gasteiger partial charge in [0.25, 0.3) is 0 Å². The van der Waals surface area contributed by atoms with E-state index in [-0.39, 0.29) is 6.42 Å². The molecule has 0 aliphatic carbocycles. The summed E-state index contributed by atoms with van der Waals surface area (Å²) in [5.74, 6) is -2.51. The van der Waals surface area contributed by atoms with Crippen molar-refractivity contribution in [2.75, 3.05) is 7.11 Å². The second-order valence-electron chi connectivity index (χ2n) is 6.01.